The fourth-order valence-electron chi connectivity index (χ4n) is 1.41. The van der Waals surface area contributed by atoms with E-state index in [1.54, 1.807) is 20.4 Å². The summed E-state index contributed by atoms with van der Waals surface area (Å²) in [6, 6.07) is 3.78. The highest BCUT2D eigenvalue weighted by molar-refractivity contribution is 5.79. The smallest absolute Gasteiger partial charge is 0.212 e. The van der Waals surface area contributed by atoms with Crippen LogP contribution < -0.4 is 15.4 Å². The average molecular weight is 266 g/mol. The molecule has 0 aliphatic rings. The van der Waals surface area contributed by atoms with Crippen molar-refractivity contribution in [1.29, 1.82) is 0 Å². The summed E-state index contributed by atoms with van der Waals surface area (Å²) in [5.41, 5.74) is 1.03. The SMILES string of the molecule is CCNC(=NCc1ccc(OC)nc1)NCCOC. The fraction of sp³-hybridized carbons (Fsp3) is 0.538. The molecule has 1 rings (SSSR count). The molecule has 1 heterocycles. The zero-order chi connectivity index (χ0) is 13.9. The zero-order valence-corrected chi connectivity index (χ0v) is 11.8. The Morgan fingerprint density at radius 2 is 2.16 bits per heavy atom. The van der Waals surface area contributed by atoms with E-state index >= 15 is 0 Å². The van der Waals surface area contributed by atoms with Gasteiger partial charge in [-0.2, -0.15) is 0 Å². The van der Waals surface area contributed by atoms with Gasteiger partial charge in [0, 0.05) is 32.5 Å². The quantitative estimate of drug-likeness (QED) is 0.434. The number of hydrogen-bond donors (Lipinski definition) is 2. The number of hydrogen-bond acceptors (Lipinski definition) is 4. The molecule has 1 aromatic heterocycles. The number of aromatic nitrogens is 1. The van der Waals surface area contributed by atoms with Gasteiger partial charge in [-0.1, -0.05) is 6.07 Å². The Kier molecular flexibility index (Phi) is 7.34. The lowest BCUT2D eigenvalue weighted by Crippen LogP contribution is -2.38. The van der Waals surface area contributed by atoms with Crippen LogP contribution >= 0.6 is 0 Å². The van der Waals surface area contributed by atoms with Crippen molar-refractivity contribution >= 4 is 5.96 Å². The van der Waals surface area contributed by atoms with Crippen LogP contribution in [0.1, 0.15) is 12.5 Å². The van der Waals surface area contributed by atoms with E-state index in [0.717, 1.165) is 24.6 Å². The summed E-state index contributed by atoms with van der Waals surface area (Å²) in [6.07, 6.45) is 1.76. The molecule has 6 heteroatoms. The minimum absolute atomic E-state index is 0.569. The minimum atomic E-state index is 0.569. The topological polar surface area (TPSA) is 67.8 Å². The molecule has 1 aromatic rings. The number of rotatable bonds is 7. The van der Waals surface area contributed by atoms with Gasteiger partial charge in [-0.25, -0.2) is 9.98 Å². The second-order valence-electron chi connectivity index (χ2n) is 3.82. The van der Waals surface area contributed by atoms with Gasteiger partial charge < -0.3 is 20.1 Å². The van der Waals surface area contributed by atoms with Gasteiger partial charge in [-0.05, 0) is 12.5 Å². The molecule has 0 aliphatic heterocycles. The van der Waals surface area contributed by atoms with E-state index in [0.29, 0.717) is 19.0 Å². The summed E-state index contributed by atoms with van der Waals surface area (Å²) in [6.45, 7) is 4.79. The predicted octanol–water partition coefficient (Wildman–Crippen LogP) is 0.792. The maximum Gasteiger partial charge on any atom is 0.212 e. The van der Waals surface area contributed by atoms with Crippen molar-refractivity contribution in [2.75, 3.05) is 33.9 Å². The molecule has 106 valence electrons. The first-order valence-corrected chi connectivity index (χ1v) is 6.30. The number of nitrogens with one attached hydrogen (secondary N) is 2. The van der Waals surface area contributed by atoms with Crippen molar-refractivity contribution in [2.24, 2.45) is 4.99 Å². The van der Waals surface area contributed by atoms with Crippen LogP contribution in [0.3, 0.4) is 0 Å². The third-order valence-electron chi connectivity index (χ3n) is 2.37. The van der Waals surface area contributed by atoms with Gasteiger partial charge in [0.1, 0.15) is 0 Å². The number of guanidine groups is 1. The summed E-state index contributed by atoms with van der Waals surface area (Å²) in [5, 5.41) is 6.36. The van der Waals surface area contributed by atoms with Crippen LogP contribution in [-0.2, 0) is 11.3 Å². The molecule has 0 amide bonds. The number of methoxy groups -OCH3 is 2. The first kappa shape index (κ1) is 15.2. The second-order valence-corrected chi connectivity index (χ2v) is 3.82. The molecule has 0 atom stereocenters. The van der Waals surface area contributed by atoms with Crippen molar-refractivity contribution in [1.82, 2.24) is 15.6 Å². The van der Waals surface area contributed by atoms with Gasteiger partial charge in [0.05, 0.1) is 20.3 Å². The fourth-order valence-corrected chi connectivity index (χ4v) is 1.41. The summed E-state index contributed by atoms with van der Waals surface area (Å²) in [4.78, 5) is 8.61. The van der Waals surface area contributed by atoms with Gasteiger partial charge in [0.15, 0.2) is 5.96 Å². The maximum atomic E-state index is 5.01. The van der Waals surface area contributed by atoms with Crippen molar-refractivity contribution in [2.45, 2.75) is 13.5 Å². The van der Waals surface area contributed by atoms with Crippen LogP contribution in [-0.4, -0.2) is 44.9 Å². The van der Waals surface area contributed by atoms with Crippen molar-refractivity contribution in [3.05, 3.63) is 23.9 Å². The summed E-state index contributed by atoms with van der Waals surface area (Å²) in [7, 11) is 3.28. The zero-order valence-electron chi connectivity index (χ0n) is 11.8. The van der Waals surface area contributed by atoms with Crippen LogP contribution in [0.5, 0.6) is 5.88 Å². The lowest BCUT2D eigenvalue weighted by atomic mass is 10.3. The molecule has 0 unspecified atom stereocenters. The van der Waals surface area contributed by atoms with Crippen molar-refractivity contribution < 1.29 is 9.47 Å². The van der Waals surface area contributed by atoms with E-state index in [-0.39, 0.29) is 0 Å². The van der Waals surface area contributed by atoms with Gasteiger partial charge >= 0.3 is 0 Å². The van der Waals surface area contributed by atoms with Crippen LogP contribution in [0.2, 0.25) is 0 Å². The lowest BCUT2D eigenvalue weighted by Gasteiger charge is -2.10. The summed E-state index contributed by atoms with van der Waals surface area (Å²) < 4.78 is 10.0. The number of ether oxygens (including phenoxy) is 2. The molecule has 0 aliphatic carbocycles. The number of aliphatic imine (C=N–C) groups is 1. The summed E-state index contributed by atoms with van der Waals surface area (Å²) >= 11 is 0. The van der Waals surface area contributed by atoms with Gasteiger partial charge in [-0.3, -0.25) is 0 Å². The summed E-state index contributed by atoms with van der Waals surface area (Å²) in [5.74, 6) is 1.38. The minimum Gasteiger partial charge on any atom is -0.481 e. The molecule has 19 heavy (non-hydrogen) atoms. The van der Waals surface area contributed by atoms with E-state index in [1.807, 2.05) is 19.1 Å². The van der Waals surface area contributed by atoms with E-state index in [4.69, 9.17) is 9.47 Å². The van der Waals surface area contributed by atoms with Crippen LogP contribution in [0, 0.1) is 0 Å². The third-order valence-corrected chi connectivity index (χ3v) is 2.37. The third kappa shape index (κ3) is 6.05. The maximum absolute atomic E-state index is 5.01. The molecule has 0 saturated heterocycles. The Labute approximate surface area is 114 Å². The molecular formula is C13H22N4O2. The first-order valence-electron chi connectivity index (χ1n) is 6.30. The molecule has 2 N–H and O–H groups in total. The Morgan fingerprint density at radius 1 is 1.32 bits per heavy atom. The van der Waals surface area contributed by atoms with Crippen LogP contribution in [0.4, 0.5) is 0 Å². The van der Waals surface area contributed by atoms with Crippen molar-refractivity contribution in [3.63, 3.8) is 0 Å². The number of nitrogens with zero attached hydrogens (tertiary/aromatic N) is 2. The van der Waals surface area contributed by atoms with Crippen LogP contribution in [0.25, 0.3) is 0 Å². The molecular weight excluding hydrogens is 244 g/mol. The Hall–Kier alpha value is -1.82. The molecule has 0 spiro atoms. The highest BCUT2D eigenvalue weighted by Gasteiger charge is 1.98. The highest BCUT2D eigenvalue weighted by Crippen LogP contribution is 2.07. The predicted molar refractivity (Wildman–Crippen MR) is 75.5 cm³/mol. The monoisotopic (exact) mass is 266 g/mol. The standard InChI is InChI=1S/C13H22N4O2/c1-4-14-13(15-7-8-18-2)17-10-11-5-6-12(19-3)16-9-11/h5-6,9H,4,7-8,10H2,1-3H3,(H2,14,15,17). The number of pyridine rings is 1. The van der Waals surface area contributed by atoms with E-state index < -0.39 is 0 Å². The largest absolute Gasteiger partial charge is 0.481 e. The molecule has 6 nitrogen and oxygen atoms in total. The van der Waals surface area contributed by atoms with E-state index in [2.05, 4.69) is 20.6 Å². The van der Waals surface area contributed by atoms with Gasteiger partial charge in [-0.15, -0.1) is 0 Å². The van der Waals surface area contributed by atoms with E-state index in [9.17, 15) is 0 Å². The Bertz CT molecular complexity index is 379. The van der Waals surface area contributed by atoms with Crippen molar-refractivity contribution in [3.8, 4) is 5.88 Å². The highest BCUT2D eigenvalue weighted by atomic mass is 16.5. The Balaban J connectivity index is 2.52. The Morgan fingerprint density at radius 3 is 2.74 bits per heavy atom. The molecule has 0 saturated carbocycles. The molecule has 0 radical (unpaired) electrons. The second kappa shape index (κ2) is 9.16. The average Bonchev–Trinajstić information content (AvgIpc) is 2.45. The molecule has 0 aromatic carbocycles. The molecule has 0 fully saturated rings. The molecule has 0 bridgehead atoms. The van der Waals surface area contributed by atoms with Gasteiger partial charge in [0.25, 0.3) is 0 Å². The van der Waals surface area contributed by atoms with Crippen LogP contribution in [0.15, 0.2) is 23.3 Å². The van der Waals surface area contributed by atoms with E-state index in [1.165, 1.54) is 0 Å². The van der Waals surface area contributed by atoms with Gasteiger partial charge in [0.2, 0.25) is 5.88 Å². The normalized spacial score (nSPS) is 11.2. The lowest BCUT2D eigenvalue weighted by molar-refractivity contribution is 0.203. The first-order chi connectivity index (χ1) is 9.30.